The fraction of sp³-hybridized carbons (Fsp3) is 0.103. The summed E-state index contributed by atoms with van der Waals surface area (Å²) in [5, 5.41) is 9.61. The maximum Gasteiger partial charge on any atom is 0.230 e. The molecule has 0 unspecified atom stereocenters. The van der Waals surface area contributed by atoms with Crippen molar-refractivity contribution < 1.29 is 9.47 Å². The van der Waals surface area contributed by atoms with E-state index in [0.29, 0.717) is 23.2 Å². The standard InChI is InChI=1S/C29H22N6O2/c1-18-23-24(19-13-15-22(36-2)16-14-19)25-27-31-26(20-9-5-3-6-10-20)33-34(27)17-30-28(25)37-29(23)35(32-18)21-11-7-4-8-12-21/h3-17,24H,1-2H3/t24-/m0/s1. The summed E-state index contributed by atoms with van der Waals surface area (Å²) in [5.74, 6) is 2.35. The van der Waals surface area contributed by atoms with Gasteiger partial charge in [0.25, 0.3) is 0 Å². The Morgan fingerprint density at radius 3 is 2.30 bits per heavy atom. The number of methoxy groups -OCH3 is 1. The zero-order chi connectivity index (χ0) is 24.9. The van der Waals surface area contributed by atoms with Crippen LogP contribution in [0.5, 0.6) is 17.5 Å². The summed E-state index contributed by atoms with van der Waals surface area (Å²) in [6, 6.07) is 28.0. The molecule has 4 heterocycles. The third kappa shape index (κ3) is 3.37. The lowest BCUT2D eigenvalue weighted by Gasteiger charge is -2.26. The van der Waals surface area contributed by atoms with Crippen LogP contribution in [0.15, 0.2) is 91.3 Å². The van der Waals surface area contributed by atoms with E-state index >= 15 is 0 Å². The lowest BCUT2D eigenvalue weighted by Crippen LogP contribution is -2.16. The van der Waals surface area contributed by atoms with Crippen molar-refractivity contribution in [1.82, 2.24) is 29.4 Å². The lowest BCUT2D eigenvalue weighted by molar-refractivity contribution is 0.402. The molecule has 1 atom stereocenters. The van der Waals surface area contributed by atoms with Crippen LogP contribution in [0.4, 0.5) is 0 Å². The molecular weight excluding hydrogens is 464 g/mol. The van der Waals surface area contributed by atoms with Gasteiger partial charge in [0.15, 0.2) is 11.5 Å². The largest absolute Gasteiger partial charge is 0.497 e. The van der Waals surface area contributed by atoms with Crippen LogP contribution >= 0.6 is 0 Å². The highest BCUT2D eigenvalue weighted by Gasteiger charge is 2.38. The highest BCUT2D eigenvalue weighted by Crippen LogP contribution is 2.49. The number of hydrogen-bond donors (Lipinski definition) is 0. The molecule has 3 aromatic carbocycles. The molecule has 1 aliphatic rings. The van der Waals surface area contributed by atoms with Gasteiger partial charge in [-0.15, -0.1) is 5.10 Å². The Labute approximate surface area is 212 Å². The summed E-state index contributed by atoms with van der Waals surface area (Å²) >= 11 is 0. The van der Waals surface area contributed by atoms with Crippen LogP contribution in [0, 0.1) is 6.92 Å². The van der Waals surface area contributed by atoms with Crippen LogP contribution in [-0.4, -0.2) is 36.5 Å². The molecule has 0 bridgehead atoms. The number of ether oxygens (including phenoxy) is 2. The normalized spacial score (nSPS) is 14.2. The van der Waals surface area contributed by atoms with Gasteiger partial charge in [-0.1, -0.05) is 60.7 Å². The predicted molar refractivity (Wildman–Crippen MR) is 139 cm³/mol. The quantitative estimate of drug-likeness (QED) is 0.323. The van der Waals surface area contributed by atoms with Crippen molar-refractivity contribution in [3.63, 3.8) is 0 Å². The SMILES string of the molecule is COc1ccc([C@H]2c3c(C)nn(-c4ccccc4)c3Oc3ncn4nc(-c5ccccc5)nc4c32)cc1. The van der Waals surface area contributed by atoms with E-state index in [9.17, 15) is 0 Å². The topological polar surface area (TPSA) is 79.4 Å². The average Bonchev–Trinajstić information content (AvgIpc) is 3.54. The minimum atomic E-state index is -0.217. The van der Waals surface area contributed by atoms with Crippen molar-refractivity contribution in [2.45, 2.75) is 12.8 Å². The molecule has 180 valence electrons. The second kappa shape index (κ2) is 8.30. The minimum Gasteiger partial charge on any atom is -0.497 e. The molecule has 0 amide bonds. The molecule has 0 aliphatic carbocycles. The molecule has 0 saturated carbocycles. The van der Waals surface area contributed by atoms with Crippen LogP contribution in [-0.2, 0) is 0 Å². The Bertz CT molecular complexity index is 1740. The molecular formula is C29H22N6O2. The lowest BCUT2D eigenvalue weighted by atomic mass is 9.84. The van der Waals surface area contributed by atoms with Gasteiger partial charge in [0.2, 0.25) is 11.8 Å². The fourth-order valence-electron chi connectivity index (χ4n) is 4.96. The zero-order valence-electron chi connectivity index (χ0n) is 20.2. The molecule has 0 fully saturated rings. The van der Waals surface area contributed by atoms with E-state index in [4.69, 9.17) is 24.7 Å². The van der Waals surface area contributed by atoms with Crippen LogP contribution in [0.1, 0.15) is 28.3 Å². The fourth-order valence-corrected chi connectivity index (χ4v) is 4.96. The average molecular weight is 487 g/mol. The van der Waals surface area contributed by atoms with Crippen molar-refractivity contribution >= 4 is 5.65 Å². The van der Waals surface area contributed by atoms with Gasteiger partial charge in [-0.3, -0.25) is 0 Å². The first-order valence-electron chi connectivity index (χ1n) is 12.0. The summed E-state index contributed by atoms with van der Waals surface area (Å²) in [6.07, 6.45) is 1.65. The van der Waals surface area contributed by atoms with E-state index in [1.807, 2.05) is 84.4 Å². The number of aryl methyl sites for hydroxylation is 1. The maximum absolute atomic E-state index is 6.49. The van der Waals surface area contributed by atoms with Crippen LogP contribution in [0.3, 0.4) is 0 Å². The Morgan fingerprint density at radius 2 is 1.57 bits per heavy atom. The van der Waals surface area contributed by atoms with Gasteiger partial charge < -0.3 is 9.47 Å². The molecule has 0 saturated heterocycles. The van der Waals surface area contributed by atoms with Gasteiger partial charge in [0, 0.05) is 5.56 Å². The predicted octanol–water partition coefficient (Wildman–Crippen LogP) is 5.58. The smallest absolute Gasteiger partial charge is 0.230 e. The minimum absolute atomic E-state index is 0.217. The number of hydrogen-bond acceptors (Lipinski definition) is 6. The third-order valence-corrected chi connectivity index (χ3v) is 6.70. The summed E-state index contributed by atoms with van der Waals surface area (Å²) in [7, 11) is 1.67. The van der Waals surface area contributed by atoms with Gasteiger partial charge in [-0.25, -0.2) is 19.2 Å². The highest BCUT2D eigenvalue weighted by atomic mass is 16.5. The van der Waals surface area contributed by atoms with E-state index in [0.717, 1.165) is 39.4 Å². The molecule has 8 heteroatoms. The molecule has 6 aromatic rings. The number of benzene rings is 3. The molecule has 8 nitrogen and oxygen atoms in total. The van der Waals surface area contributed by atoms with E-state index in [-0.39, 0.29) is 5.92 Å². The highest BCUT2D eigenvalue weighted by molar-refractivity contribution is 5.68. The van der Waals surface area contributed by atoms with Gasteiger partial charge in [-0.05, 0) is 36.8 Å². The van der Waals surface area contributed by atoms with E-state index in [1.165, 1.54) is 0 Å². The molecule has 0 spiro atoms. The summed E-state index contributed by atoms with van der Waals surface area (Å²) in [5.41, 5.74) is 6.30. The summed E-state index contributed by atoms with van der Waals surface area (Å²) in [4.78, 5) is 9.63. The molecule has 37 heavy (non-hydrogen) atoms. The van der Waals surface area contributed by atoms with Crippen molar-refractivity contribution in [2.24, 2.45) is 0 Å². The molecule has 0 N–H and O–H groups in total. The van der Waals surface area contributed by atoms with E-state index in [2.05, 4.69) is 17.1 Å². The first-order valence-corrected chi connectivity index (χ1v) is 12.0. The maximum atomic E-state index is 6.49. The van der Waals surface area contributed by atoms with E-state index < -0.39 is 0 Å². The second-order valence-electron chi connectivity index (χ2n) is 8.89. The van der Waals surface area contributed by atoms with Crippen LogP contribution in [0.25, 0.3) is 22.7 Å². The molecule has 1 aliphatic heterocycles. The van der Waals surface area contributed by atoms with Gasteiger partial charge >= 0.3 is 0 Å². The number of nitrogens with zero attached hydrogens (tertiary/aromatic N) is 6. The molecule has 3 aromatic heterocycles. The van der Waals surface area contributed by atoms with Crippen LogP contribution in [0.2, 0.25) is 0 Å². The second-order valence-corrected chi connectivity index (χ2v) is 8.89. The van der Waals surface area contributed by atoms with Crippen LogP contribution < -0.4 is 9.47 Å². The van der Waals surface area contributed by atoms with Crippen molar-refractivity contribution in [1.29, 1.82) is 0 Å². The number of fused-ring (bicyclic) bond motifs is 4. The Balaban J connectivity index is 1.49. The summed E-state index contributed by atoms with van der Waals surface area (Å²) in [6.45, 7) is 2.01. The Hall–Kier alpha value is -4.98. The summed E-state index contributed by atoms with van der Waals surface area (Å²) < 4.78 is 15.5. The number of aromatic nitrogens is 6. The van der Waals surface area contributed by atoms with Crippen molar-refractivity contribution in [3.8, 4) is 34.6 Å². The monoisotopic (exact) mass is 486 g/mol. The Morgan fingerprint density at radius 1 is 0.838 bits per heavy atom. The zero-order valence-corrected chi connectivity index (χ0v) is 20.2. The number of para-hydroxylation sites is 1. The molecule has 7 rings (SSSR count). The van der Waals surface area contributed by atoms with Gasteiger partial charge in [0.1, 0.15) is 12.1 Å². The van der Waals surface area contributed by atoms with E-state index in [1.54, 1.807) is 18.0 Å². The van der Waals surface area contributed by atoms with Crippen molar-refractivity contribution in [2.75, 3.05) is 7.11 Å². The Kier molecular flexibility index (Phi) is 4.78. The van der Waals surface area contributed by atoms with Gasteiger partial charge in [0.05, 0.1) is 35.5 Å². The van der Waals surface area contributed by atoms with Crippen molar-refractivity contribution in [3.05, 3.63) is 114 Å². The first kappa shape index (κ1) is 21.3. The third-order valence-electron chi connectivity index (χ3n) is 6.70. The molecule has 0 radical (unpaired) electrons. The van der Waals surface area contributed by atoms with Gasteiger partial charge in [-0.2, -0.15) is 5.10 Å². The first-order chi connectivity index (χ1) is 18.2. The number of rotatable bonds is 4.